The molecule has 3 fully saturated rings. The van der Waals surface area contributed by atoms with E-state index in [9.17, 15) is 4.79 Å². The Morgan fingerprint density at radius 2 is 1.12 bits per heavy atom. The second-order valence-corrected chi connectivity index (χ2v) is 8.95. The fourth-order valence-corrected chi connectivity index (χ4v) is 5.19. The van der Waals surface area contributed by atoms with Crippen LogP contribution in [-0.4, -0.2) is 17.5 Å². The van der Waals surface area contributed by atoms with Gasteiger partial charge in [0.05, 0.1) is 5.92 Å². The molecule has 3 aliphatic carbocycles. The Balaban J connectivity index is 0.00000208. The maximum atomic E-state index is 12.5. The first-order chi connectivity index (χ1) is 11.1. The Hall–Kier alpha value is -0.570. The average Bonchev–Trinajstić information content (AvgIpc) is 2.58. The van der Waals surface area contributed by atoms with Crippen molar-refractivity contribution in [2.24, 2.45) is 29.6 Å². The summed E-state index contributed by atoms with van der Waals surface area (Å²) in [4.78, 5) is 12.5. The topological polar surface area (TPSA) is 57.8 Å². The van der Waals surface area contributed by atoms with E-state index in [1.54, 1.807) is 0 Å². The quantitative estimate of drug-likeness (QED) is 0.644. The molecule has 0 aromatic rings. The second-order valence-electron chi connectivity index (χ2n) is 8.95. The summed E-state index contributed by atoms with van der Waals surface area (Å²) in [5.74, 6) is 3.92. The summed E-state index contributed by atoms with van der Waals surface area (Å²) in [6.07, 6.45) is 15.2. The van der Waals surface area contributed by atoms with Gasteiger partial charge in [0.25, 0.3) is 0 Å². The van der Waals surface area contributed by atoms with E-state index in [1.807, 2.05) is 0 Å². The number of carbonyl (C=O) groups is 1. The normalized spacial score (nSPS) is 40.4. The van der Waals surface area contributed by atoms with Gasteiger partial charge in [-0.15, -0.1) is 0 Å². The summed E-state index contributed by atoms with van der Waals surface area (Å²) < 4.78 is 5.83. The molecule has 3 nitrogen and oxygen atoms in total. The molecule has 0 radical (unpaired) electrons. The van der Waals surface area contributed by atoms with E-state index >= 15 is 0 Å². The third-order valence-electron chi connectivity index (χ3n) is 7.08. The Kier molecular flexibility index (Phi) is 7.59. The SMILES string of the molecule is CC1CCC(OC(=O)C2CCC(C3CCC(C)CC3)CC2)CC1.O.[HH].[HH]. The lowest BCUT2D eigenvalue weighted by Gasteiger charge is -2.37. The molecule has 0 aromatic heterocycles. The number of hydrogen-bond donors (Lipinski definition) is 0. The fourth-order valence-electron chi connectivity index (χ4n) is 5.19. The zero-order chi connectivity index (χ0) is 16.2. The number of rotatable bonds is 3. The maximum Gasteiger partial charge on any atom is 0.309 e. The summed E-state index contributed by atoms with van der Waals surface area (Å²) >= 11 is 0. The molecule has 0 heterocycles. The number of hydrogen-bond acceptors (Lipinski definition) is 2. The van der Waals surface area contributed by atoms with Crippen LogP contribution in [0.1, 0.15) is 93.8 Å². The van der Waals surface area contributed by atoms with Gasteiger partial charge < -0.3 is 10.2 Å². The van der Waals surface area contributed by atoms with Gasteiger partial charge in [0.15, 0.2) is 0 Å². The van der Waals surface area contributed by atoms with E-state index in [-0.39, 0.29) is 26.3 Å². The van der Waals surface area contributed by atoms with Crippen LogP contribution < -0.4 is 0 Å². The van der Waals surface area contributed by atoms with Crippen molar-refractivity contribution >= 4 is 5.97 Å². The van der Waals surface area contributed by atoms with Crippen molar-refractivity contribution < 1.29 is 17.9 Å². The summed E-state index contributed by atoms with van der Waals surface area (Å²) in [7, 11) is 0. The monoisotopic (exact) mass is 342 g/mol. The van der Waals surface area contributed by atoms with Crippen LogP contribution in [0.2, 0.25) is 0 Å². The van der Waals surface area contributed by atoms with E-state index < -0.39 is 0 Å². The van der Waals surface area contributed by atoms with Gasteiger partial charge >= 0.3 is 5.97 Å². The molecule has 3 heteroatoms. The van der Waals surface area contributed by atoms with E-state index in [2.05, 4.69) is 13.8 Å². The Morgan fingerprint density at radius 3 is 1.62 bits per heavy atom. The van der Waals surface area contributed by atoms with Crippen molar-refractivity contribution in [2.45, 2.75) is 97.0 Å². The minimum absolute atomic E-state index is 0. The van der Waals surface area contributed by atoms with Crippen molar-refractivity contribution in [2.75, 3.05) is 0 Å². The van der Waals surface area contributed by atoms with Crippen LogP contribution in [0.15, 0.2) is 0 Å². The smallest absolute Gasteiger partial charge is 0.309 e. The van der Waals surface area contributed by atoms with Crippen molar-refractivity contribution in [1.82, 2.24) is 0 Å². The van der Waals surface area contributed by atoms with E-state index in [1.165, 1.54) is 51.4 Å². The molecule has 0 aromatic carbocycles. The van der Waals surface area contributed by atoms with Crippen molar-refractivity contribution in [3.05, 3.63) is 0 Å². The summed E-state index contributed by atoms with van der Waals surface area (Å²) in [5.41, 5.74) is 0. The van der Waals surface area contributed by atoms with E-state index in [0.29, 0.717) is 0 Å². The predicted octanol–water partition coefficient (Wildman–Crippen LogP) is 5.41. The van der Waals surface area contributed by atoms with Gasteiger partial charge in [0, 0.05) is 2.85 Å². The van der Waals surface area contributed by atoms with E-state index in [4.69, 9.17) is 4.74 Å². The summed E-state index contributed by atoms with van der Waals surface area (Å²) in [5, 5.41) is 0. The molecule has 3 saturated carbocycles. The van der Waals surface area contributed by atoms with Crippen LogP contribution in [-0.2, 0) is 9.53 Å². The molecule has 2 N–H and O–H groups in total. The highest BCUT2D eigenvalue weighted by Crippen LogP contribution is 2.41. The number of carbonyl (C=O) groups excluding carboxylic acids is 1. The van der Waals surface area contributed by atoms with Crippen molar-refractivity contribution in [1.29, 1.82) is 0 Å². The molecule has 0 bridgehead atoms. The molecule has 144 valence electrons. The standard InChI is InChI=1S/C21H36O2.H2O.2H2/c1-15-3-7-17(8-4-15)18-9-11-19(12-10-18)21(22)23-20-13-5-16(2)6-14-20;;;/h15-20H,3-14H2,1-2H3;1H2;2*1H. The van der Waals surface area contributed by atoms with Gasteiger partial charge in [-0.25, -0.2) is 0 Å². The van der Waals surface area contributed by atoms with Crippen LogP contribution in [0.3, 0.4) is 0 Å². The highest BCUT2D eigenvalue weighted by atomic mass is 16.5. The maximum absolute atomic E-state index is 12.5. The van der Waals surface area contributed by atoms with Crippen LogP contribution >= 0.6 is 0 Å². The first-order valence-electron chi connectivity index (χ1n) is 10.3. The Bertz CT molecular complexity index is 381. The van der Waals surface area contributed by atoms with Gasteiger partial charge in [-0.3, -0.25) is 4.79 Å². The van der Waals surface area contributed by atoms with Gasteiger partial charge in [-0.05, 0) is 87.9 Å². The largest absolute Gasteiger partial charge is 0.462 e. The van der Waals surface area contributed by atoms with Gasteiger partial charge in [-0.1, -0.05) is 26.7 Å². The molecule has 0 saturated heterocycles. The zero-order valence-electron chi connectivity index (χ0n) is 15.8. The molecule has 3 aliphatic rings. The second kappa shape index (κ2) is 9.22. The van der Waals surface area contributed by atoms with Crippen LogP contribution in [0.25, 0.3) is 0 Å². The molecule has 24 heavy (non-hydrogen) atoms. The number of esters is 1. The molecule has 0 unspecified atom stereocenters. The first kappa shape index (κ1) is 19.8. The van der Waals surface area contributed by atoms with Gasteiger partial charge in [-0.2, -0.15) is 0 Å². The lowest BCUT2D eigenvalue weighted by molar-refractivity contribution is -0.157. The lowest BCUT2D eigenvalue weighted by Crippen LogP contribution is -2.31. The van der Waals surface area contributed by atoms with Gasteiger partial charge in [0.1, 0.15) is 6.10 Å². The van der Waals surface area contributed by atoms with Gasteiger partial charge in [0.2, 0.25) is 0 Å². The fraction of sp³-hybridized carbons (Fsp3) is 0.952. The van der Waals surface area contributed by atoms with E-state index in [0.717, 1.165) is 49.4 Å². The predicted molar refractivity (Wildman–Crippen MR) is 102 cm³/mol. The average molecular weight is 343 g/mol. The minimum atomic E-state index is 0. The lowest BCUT2D eigenvalue weighted by atomic mass is 9.69. The van der Waals surface area contributed by atoms with Crippen LogP contribution in [0.5, 0.6) is 0 Å². The van der Waals surface area contributed by atoms with Crippen molar-refractivity contribution in [3.63, 3.8) is 0 Å². The first-order valence-corrected chi connectivity index (χ1v) is 10.3. The molecule has 0 atom stereocenters. The Labute approximate surface area is 151 Å². The zero-order valence-corrected chi connectivity index (χ0v) is 15.8. The third-order valence-corrected chi connectivity index (χ3v) is 7.08. The molecule has 0 aliphatic heterocycles. The van der Waals surface area contributed by atoms with Crippen molar-refractivity contribution in [3.8, 4) is 0 Å². The molecular weight excluding hydrogens is 300 g/mol. The highest BCUT2D eigenvalue weighted by molar-refractivity contribution is 5.72. The summed E-state index contributed by atoms with van der Waals surface area (Å²) in [6.45, 7) is 4.71. The molecule has 0 amide bonds. The highest BCUT2D eigenvalue weighted by Gasteiger charge is 2.34. The summed E-state index contributed by atoms with van der Waals surface area (Å²) in [6, 6.07) is 0. The molecule has 3 rings (SSSR count). The van der Waals surface area contributed by atoms with Crippen LogP contribution in [0, 0.1) is 29.6 Å². The number of ether oxygens (including phenoxy) is 1. The Morgan fingerprint density at radius 1 is 0.708 bits per heavy atom. The third kappa shape index (κ3) is 5.21. The van der Waals surface area contributed by atoms with Crippen LogP contribution in [0.4, 0.5) is 0 Å². The molecule has 0 spiro atoms. The minimum Gasteiger partial charge on any atom is -0.462 e. The molecular formula is C21H42O3.